The fourth-order valence-corrected chi connectivity index (χ4v) is 8.08. The average molecular weight is 755 g/mol. The number of aromatic nitrogens is 3. The molecule has 0 saturated heterocycles. The number of likely N-dealkylation sites (N-methyl/N-ethyl adjacent to an activating group) is 1. The van der Waals surface area contributed by atoms with Crippen LogP contribution in [0.25, 0.3) is 0 Å². The first-order chi connectivity index (χ1) is 24.0. The van der Waals surface area contributed by atoms with Gasteiger partial charge < -0.3 is 10.2 Å². The minimum Gasteiger partial charge on any atom is -0.347 e. The van der Waals surface area contributed by atoms with Crippen molar-refractivity contribution in [3.05, 3.63) is 87.6 Å². The van der Waals surface area contributed by atoms with Crippen LogP contribution in [0.1, 0.15) is 89.8 Å². The van der Waals surface area contributed by atoms with Crippen LogP contribution >= 0.6 is 23.2 Å². The van der Waals surface area contributed by atoms with Crippen molar-refractivity contribution in [3.63, 3.8) is 0 Å². The fraction of sp³-hybridized carbons (Fsp3) is 0.447. The van der Waals surface area contributed by atoms with E-state index in [0.29, 0.717) is 6.42 Å². The maximum atomic E-state index is 12.4. The summed E-state index contributed by atoms with van der Waals surface area (Å²) in [7, 11) is -4.35. The highest BCUT2D eigenvalue weighted by molar-refractivity contribution is 7.85. The second kappa shape index (κ2) is 15.5. The van der Waals surface area contributed by atoms with Crippen LogP contribution in [0.4, 0.5) is 17.3 Å². The first kappa shape index (κ1) is 38.6. The molecular formula is C38H47Cl2N6O4S+. The van der Waals surface area contributed by atoms with Gasteiger partial charge in [0.05, 0.1) is 16.9 Å². The van der Waals surface area contributed by atoms with Gasteiger partial charge in [0.15, 0.2) is 11.5 Å². The molecule has 0 spiro atoms. The number of Topliss-reactive ketones (excluding diaryl/α,β-unsaturated/α-hetero) is 1. The standard InChI is InChI=1S/C38H46Cl2N6O4S/c1-7-45-30-19-17-25(2)22-28(30)37(3,4)32(45)15-13-16-33-38(5,6)29-23-27(51(48,49)50)18-20-31(29)46(33)21-12-10-8-9-11-14-26(47)24-41-36-43-34(39)42-35(40)44-36/h13,15-20,22-23H,7-12,14,21,24H2,1-6H3,(H-,41,42,43,44,48,49,50)/p+1. The molecule has 13 heteroatoms. The van der Waals surface area contributed by atoms with Gasteiger partial charge in [-0.3, -0.25) is 9.35 Å². The van der Waals surface area contributed by atoms with Crippen LogP contribution in [0.15, 0.2) is 65.2 Å². The molecule has 2 N–H and O–H groups in total. The number of carbonyl (C=O) groups is 1. The summed E-state index contributed by atoms with van der Waals surface area (Å²) >= 11 is 11.6. The van der Waals surface area contributed by atoms with Crippen molar-refractivity contribution in [2.75, 3.05) is 29.9 Å². The molecular weight excluding hydrogens is 707 g/mol. The lowest BCUT2D eigenvalue weighted by molar-refractivity contribution is -0.438. The third-order valence-electron chi connectivity index (χ3n) is 9.89. The Morgan fingerprint density at radius 2 is 1.63 bits per heavy atom. The molecule has 0 atom stereocenters. The smallest absolute Gasteiger partial charge is 0.294 e. The molecule has 51 heavy (non-hydrogen) atoms. The SMILES string of the molecule is CCN1C(=CC=CC2=[N+](CCCCCCCC(=O)CNc3nc(Cl)nc(Cl)n3)c3ccc(S(=O)(=O)O)cc3C2(C)C)C(C)(C)c2cc(C)ccc21. The van der Waals surface area contributed by atoms with Gasteiger partial charge in [-0.05, 0) is 93.6 Å². The Labute approximate surface area is 311 Å². The Morgan fingerprint density at radius 3 is 2.31 bits per heavy atom. The number of halogens is 2. The van der Waals surface area contributed by atoms with Crippen molar-refractivity contribution in [2.45, 2.75) is 95.8 Å². The Bertz CT molecular complexity index is 2000. The number of nitrogens with one attached hydrogen (secondary N) is 1. The summed E-state index contributed by atoms with van der Waals surface area (Å²) in [5.74, 6) is 0.216. The molecule has 0 radical (unpaired) electrons. The van der Waals surface area contributed by atoms with Crippen LogP contribution in [-0.2, 0) is 25.7 Å². The maximum Gasteiger partial charge on any atom is 0.294 e. The number of allylic oxidation sites excluding steroid dienone is 4. The largest absolute Gasteiger partial charge is 0.347 e. The normalized spacial score (nSPS) is 17.0. The zero-order valence-electron chi connectivity index (χ0n) is 30.1. The predicted octanol–water partition coefficient (Wildman–Crippen LogP) is 8.39. The highest BCUT2D eigenvalue weighted by atomic mass is 35.5. The molecule has 2 aliphatic heterocycles. The molecule has 5 rings (SSSR count). The molecule has 0 unspecified atom stereocenters. The number of hydrogen-bond acceptors (Lipinski definition) is 8. The fourth-order valence-electron chi connectivity index (χ4n) is 7.21. The van der Waals surface area contributed by atoms with Crippen molar-refractivity contribution < 1.29 is 22.3 Å². The molecule has 1 aromatic heterocycles. The number of aryl methyl sites for hydroxylation is 1. The molecule has 0 fully saturated rings. The van der Waals surface area contributed by atoms with E-state index in [2.05, 4.69) is 108 Å². The number of anilines is 2. The van der Waals surface area contributed by atoms with Crippen molar-refractivity contribution in [1.82, 2.24) is 15.0 Å². The number of rotatable bonds is 15. The number of ketones is 1. The molecule has 0 aliphatic carbocycles. The van der Waals surface area contributed by atoms with E-state index in [-0.39, 0.29) is 39.2 Å². The quantitative estimate of drug-likeness (QED) is 0.0893. The van der Waals surface area contributed by atoms with Crippen LogP contribution < -0.4 is 10.2 Å². The number of carbonyl (C=O) groups excluding carboxylic acids is 1. The summed E-state index contributed by atoms with van der Waals surface area (Å²) in [5, 5.41) is 2.77. The lowest BCUT2D eigenvalue weighted by Gasteiger charge is -2.25. The number of hydrogen-bond donors (Lipinski definition) is 2. The summed E-state index contributed by atoms with van der Waals surface area (Å²) < 4.78 is 36.3. The first-order valence-corrected chi connectivity index (χ1v) is 19.6. The van der Waals surface area contributed by atoms with Gasteiger partial charge in [0.2, 0.25) is 22.2 Å². The number of fused-ring (bicyclic) bond motifs is 2. The second-order valence-corrected chi connectivity index (χ2v) is 16.3. The zero-order chi connectivity index (χ0) is 37.1. The molecule has 2 aliphatic rings. The minimum atomic E-state index is -4.35. The van der Waals surface area contributed by atoms with Crippen LogP contribution in [0, 0.1) is 6.92 Å². The van der Waals surface area contributed by atoms with Crippen LogP contribution in [-0.4, -0.2) is 63.6 Å². The van der Waals surface area contributed by atoms with Gasteiger partial charge in [-0.25, -0.2) is 0 Å². The summed E-state index contributed by atoms with van der Waals surface area (Å²) in [6, 6.07) is 11.5. The summed E-state index contributed by atoms with van der Waals surface area (Å²) in [6.07, 6.45) is 11.5. The van der Waals surface area contributed by atoms with Gasteiger partial charge in [-0.1, -0.05) is 50.5 Å². The first-order valence-electron chi connectivity index (χ1n) is 17.4. The van der Waals surface area contributed by atoms with Gasteiger partial charge in [0.25, 0.3) is 10.1 Å². The predicted molar refractivity (Wildman–Crippen MR) is 205 cm³/mol. The van der Waals surface area contributed by atoms with Gasteiger partial charge in [-0.2, -0.15) is 27.9 Å². The molecule has 2 aromatic carbocycles. The third-order valence-corrected chi connectivity index (χ3v) is 11.1. The summed E-state index contributed by atoms with van der Waals surface area (Å²) in [6.45, 7) is 14.7. The van der Waals surface area contributed by atoms with E-state index >= 15 is 0 Å². The van der Waals surface area contributed by atoms with E-state index < -0.39 is 15.5 Å². The summed E-state index contributed by atoms with van der Waals surface area (Å²) in [4.78, 5) is 26.2. The number of unbranched alkanes of at least 4 members (excludes halogenated alkanes) is 4. The van der Waals surface area contributed by atoms with E-state index in [4.69, 9.17) is 23.2 Å². The van der Waals surface area contributed by atoms with Crippen molar-refractivity contribution in [2.24, 2.45) is 0 Å². The van der Waals surface area contributed by atoms with E-state index in [1.54, 1.807) is 12.1 Å². The Kier molecular flexibility index (Phi) is 11.8. The van der Waals surface area contributed by atoms with Gasteiger partial charge >= 0.3 is 0 Å². The molecule has 3 heterocycles. The molecule has 0 bridgehead atoms. The molecule has 272 valence electrons. The van der Waals surface area contributed by atoms with Gasteiger partial charge in [0, 0.05) is 53.9 Å². The van der Waals surface area contributed by atoms with Crippen LogP contribution in [0.2, 0.25) is 10.6 Å². The molecule has 3 aromatic rings. The van der Waals surface area contributed by atoms with Crippen molar-refractivity contribution in [1.29, 1.82) is 0 Å². The van der Waals surface area contributed by atoms with Crippen molar-refractivity contribution >= 4 is 62.1 Å². The topological polar surface area (TPSA) is 128 Å². The number of nitrogens with zero attached hydrogens (tertiary/aromatic N) is 5. The minimum absolute atomic E-state index is 0.0373. The third kappa shape index (κ3) is 8.54. The summed E-state index contributed by atoms with van der Waals surface area (Å²) in [5.41, 5.74) is 7.22. The van der Waals surface area contributed by atoms with Crippen LogP contribution in [0.3, 0.4) is 0 Å². The van der Waals surface area contributed by atoms with E-state index in [1.165, 1.54) is 28.6 Å². The average Bonchev–Trinajstić information content (AvgIpc) is 3.40. The lowest BCUT2D eigenvalue weighted by atomic mass is 9.81. The van der Waals surface area contributed by atoms with Gasteiger partial charge in [-0.15, -0.1) is 0 Å². The maximum absolute atomic E-state index is 12.4. The monoisotopic (exact) mass is 753 g/mol. The molecule has 0 amide bonds. The zero-order valence-corrected chi connectivity index (χ0v) is 32.5. The van der Waals surface area contributed by atoms with Gasteiger partial charge in [0.1, 0.15) is 6.54 Å². The van der Waals surface area contributed by atoms with E-state index in [9.17, 15) is 17.8 Å². The Morgan fingerprint density at radius 1 is 0.941 bits per heavy atom. The molecule has 0 saturated carbocycles. The van der Waals surface area contributed by atoms with Crippen LogP contribution in [0.5, 0.6) is 0 Å². The second-order valence-electron chi connectivity index (χ2n) is 14.2. The van der Waals surface area contributed by atoms with E-state index in [0.717, 1.165) is 62.2 Å². The van der Waals surface area contributed by atoms with Crippen molar-refractivity contribution in [3.8, 4) is 0 Å². The Balaban J connectivity index is 1.27. The number of benzene rings is 2. The highest BCUT2D eigenvalue weighted by Gasteiger charge is 2.45. The van der Waals surface area contributed by atoms with E-state index in [1.807, 2.05) is 0 Å². The lowest BCUT2D eigenvalue weighted by Crippen LogP contribution is -2.28. The Hall–Kier alpha value is -3.64. The molecule has 10 nitrogen and oxygen atoms in total. The highest BCUT2D eigenvalue weighted by Crippen LogP contribution is 2.48.